The summed E-state index contributed by atoms with van der Waals surface area (Å²) in [5.74, 6) is -1.15. The van der Waals surface area contributed by atoms with E-state index in [1.54, 1.807) is 19.1 Å². The average Bonchev–Trinajstić information content (AvgIpc) is 3.43. The highest BCUT2D eigenvalue weighted by atomic mass is 35.5. The third kappa shape index (κ3) is 4.21. The first-order valence-corrected chi connectivity index (χ1v) is 11.5. The number of halogens is 2. The average molecular weight is 463 g/mol. The fourth-order valence-electron chi connectivity index (χ4n) is 4.65. The van der Waals surface area contributed by atoms with Crippen molar-refractivity contribution >= 4 is 34.2 Å². The fraction of sp³-hybridized carbons (Fsp3) is 0.222. The Morgan fingerprint density at radius 3 is 2.61 bits per heavy atom. The lowest BCUT2D eigenvalue weighted by molar-refractivity contribution is 0.0696. The minimum absolute atomic E-state index is 0.228. The van der Waals surface area contributed by atoms with Crippen molar-refractivity contribution in [2.45, 2.75) is 26.2 Å². The molecule has 4 aromatic rings. The molecule has 0 saturated carbocycles. The van der Waals surface area contributed by atoms with E-state index in [0.29, 0.717) is 22.7 Å². The van der Waals surface area contributed by atoms with E-state index >= 15 is 0 Å². The molecule has 0 amide bonds. The summed E-state index contributed by atoms with van der Waals surface area (Å²) in [7, 11) is 0. The van der Waals surface area contributed by atoms with Gasteiger partial charge < -0.3 is 15.0 Å². The molecule has 33 heavy (non-hydrogen) atoms. The van der Waals surface area contributed by atoms with Crippen molar-refractivity contribution in [3.05, 3.63) is 87.8 Å². The quantitative estimate of drug-likeness (QED) is 0.342. The Hall–Kier alpha value is -3.31. The van der Waals surface area contributed by atoms with Gasteiger partial charge in [0.25, 0.3) is 0 Å². The van der Waals surface area contributed by atoms with Crippen LogP contribution in [-0.4, -0.2) is 29.1 Å². The van der Waals surface area contributed by atoms with Gasteiger partial charge >= 0.3 is 5.97 Å². The number of carboxylic acids is 1. The first-order chi connectivity index (χ1) is 15.9. The first-order valence-electron chi connectivity index (χ1n) is 11.1. The molecule has 3 aromatic carbocycles. The fourth-order valence-corrected chi connectivity index (χ4v) is 4.92. The van der Waals surface area contributed by atoms with Crippen LogP contribution in [0.1, 0.15) is 40.0 Å². The first kappa shape index (κ1) is 21.5. The van der Waals surface area contributed by atoms with E-state index in [9.17, 15) is 14.3 Å². The van der Waals surface area contributed by atoms with Gasteiger partial charge in [-0.1, -0.05) is 29.8 Å². The van der Waals surface area contributed by atoms with Crippen LogP contribution in [0.15, 0.2) is 54.6 Å². The van der Waals surface area contributed by atoms with Crippen molar-refractivity contribution < 1.29 is 14.3 Å². The molecule has 4 nitrogen and oxygen atoms in total. The predicted molar refractivity (Wildman–Crippen MR) is 131 cm³/mol. The number of carbonyl (C=O) groups is 1. The van der Waals surface area contributed by atoms with Gasteiger partial charge in [0.2, 0.25) is 0 Å². The van der Waals surface area contributed by atoms with Crippen LogP contribution in [0.2, 0.25) is 5.02 Å². The number of hydrogen-bond donors (Lipinski definition) is 2. The largest absolute Gasteiger partial charge is 0.478 e. The summed E-state index contributed by atoms with van der Waals surface area (Å²) in [6, 6.07) is 16.7. The van der Waals surface area contributed by atoms with Crippen LogP contribution in [0, 0.1) is 12.7 Å². The molecule has 1 aliphatic heterocycles. The maximum Gasteiger partial charge on any atom is 0.335 e. The summed E-state index contributed by atoms with van der Waals surface area (Å²) in [5, 5.41) is 10.9. The maximum absolute atomic E-state index is 14.9. The Morgan fingerprint density at radius 1 is 1.09 bits per heavy atom. The van der Waals surface area contributed by atoms with E-state index in [0.717, 1.165) is 64.8 Å². The SMILES string of the molecule is Cc1ccc(Cc2cc3cc(-c4ccc(N5CCCC5)c(F)c4)c(Cl)cc3[nH]2)cc1C(=O)O. The molecule has 2 N–H and O–H groups in total. The molecule has 5 rings (SSSR count). The van der Waals surface area contributed by atoms with Crippen molar-refractivity contribution in [2.24, 2.45) is 0 Å². The summed E-state index contributed by atoms with van der Waals surface area (Å²) in [6.07, 6.45) is 2.76. The molecule has 6 heteroatoms. The van der Waals surface area contributed by atoms with Crippen molar-refractivity contribution in [3.8, 4) is 11.1 Å². The maximum atomic E-state index is 14.9. The zero-order valence-electron chi connectivity index (χ0n) is 18.3. The molecule has 0 unspecified atom stereocenters. The van der Waals surface area contributed by atoms with E-state index in [1.807, 2.05) is 42.5 Å². The number of aromatic nitrogens is 1. The van der Waals surface area contributed by atoms with E-state index in [-0.39, 0.29) is 5.82 Å². The summed E-state index contributed by atoms with van der Waals surface area (Å²) < 4.78 is 14.9. The number of aryl methyl sites for hydroxylation is 1. The monoisotopic (exact) mass is 462 g/mol. The lowest BCUT2D eigenvalue weighted by atomic mass is 10.0. The van der Waals surface area contributed by atoms with Crippen LogP contribution in [0.3, 0.4) is 0 Å². The zero-order chi connectivity index (χ0) is 23.1. The number of hydrogen-bond acceptors (Lipinski definition) is 2. The number of nitrogens with zero attached hydrogens (tertiary/aromatic N) is 1. The number of nitrogens with one attached hydrogen (secondary N) is 1. The molecule has 168 valence electrons. The van der Waals surface area contributed by atoms with Gasteiger partial charge in [0.1, 0.15) is 5.82 Å². The van der Waals surface area contributed by atoms with Crippen LogP contribution in [0.5, 0.6) is 0 Å². The predicted octanol–water partition coefficient (Wildman–Crippen LogP) is 6.83. The van der Waals surface area contributed by atoms with Gasteiger partial charge in [-0.2, -0.15) is 0 Å². The number of H-pyrrole nitrogens is 1. The highest BCUT2D eigenvalue weighted by Gasteiger charge is 2.17. The molecule has 0 atom stereocenters. The molecular weight excluding hydrogens is 439 g/mol. The van der Waals surface area contributed by atoms with E-state index in [4.69, 9.17) is 11.6 Å². The van der Waals surface area contributed by atoms with E-state index in [2.05, 4.69) is 9.88 Å². The lowest BCUT2D eigenvalue weighted by Crippen LogP contribution is -2.18. The van der Waals surface area contributed by atoms with Gasteiger partial charge in [0, 0.05) is 41.7 Å². The second-order valence-corrected chi connectivity index (χ2v) is 9.11. The van der Waals surface area contributed by atoms with Crippen molar-refractivity contribution in [1.29, 1.82) is 0 Å². The normalized spacial score (nSPS) is 13.7. The molecule has 0 spiro atoms. The smallest absolute Gasteiger partial charge is 0.335 e. The second kappa shape index (κ2) is 8.56. The minimum atomic E-state index is -0.926. The topological polar surface area (TPSA) is 56.3 Å². The molecule has 0 bridgehead atoms. The molecule has 0 aliphatic carbocycles. The number of anilines is 1. The zero-order valence-corrected chi connectivity index (χ0v) is 19.0. The Balaban J connectivity index is 1.46. The second-order valence-electron chi connectivity index (χ2n) is 8.71. The number of fused-ring (bicyclic) bond motifs is 1. The van der Waals surface area contributed by atoms with Crippen LogP contribution in [-0.2, 0) is 6.42 Å². The van der Waals surface area contributed by atoms with Crippen molar-refractivity contribution in [1.82, 2.24) is 4.98 Å². The Morgan fingerprint density at radius 2 is 1.88 bits per heavy atom. The Kier molecular flexibility index (Phi) is 5.59. The van der Waals surface area contributed by atoms with E-state index in [1.165, 1.54) is 0 Å². The van der Waals surface area contributed by atoms with Gasteiger partial charge in [0.15, 0.2) is 0 Å². The third-order valence-corrected chi connectivity index (χ3v) is 6.71. The summed E-state index contributed by atoms with van der Waals surface area (Å²) >= 11 is 6.58. The third-order valence-electron chi connectivity index (χ3n) is 6.40. The van der Waals surface area contributed by atoms with Crippen molar-refractivity contribution in [2.75, 3.05) is 18.0 Å². The highest BCUT2D eigenvalue weighted by molar-refractivity contribution is 6.34. The van der Waals surface area contributed by atoms with Crippen molar-refractivity contribution in [3.63, 3.8) is 0 Å². The molecule has 2 heterocycles. The van der Waals surface area contributed by atoms with Gasteiger partial charge in [0.05, 0.1) is 16.3 Å². The van der Waals surface area contributed by atoms with Crippen LogP contribution in [0.25, 0.3) is 22.0 Å². The Bertz CT molecular complexity index is 1370. The number of benzene rings is 3. The standard InChI is InChI=1S/C27H24ClFN2O2/c1-16-4-5-17(11-21(16)27(32)33)10-20-12-19-13-22(23(28)15-25(19)30-20)18-6-7-26(24(29)14-18)31-8-2-3-9-31/h4-7,11-15,30H,2-3,8-10H2,1H3,(H,32,33). The summed E-state index contributed by atoms with van der Waals surface area (Å²) in [5.41, 5.74) is 5.98. The number of rotatable bonds is 5. The molecule has 1 aliphatic rings. The molecular formula is C27H24ClFN2O2. The minimum Gasteiger partial charge on any atom is -0.478 e. The molecule has 1 saturated heterocycles. The molecule has 1 aromatic heterocycles. The lowest BCUT2D eigenvalue weighted by Gasteiger charge is -2.19. The highest BCUT2D eigenvalue weighted by Crippen LogP contribution is 2.35. The van der Waals surface area contributed by atoms with Gasteiger partial charge in [-0.3, -0.25) is 0 Å². The van der Waals surface area contributed by atoms with E-state index < -0.39 is 5.97 Å². The van der Waals surface area contributed by atoms with Crippen LogP contribution in [0.4, 0.5) is 10.1 Å². The summed E-state index contributed by atoms with van der Waals surface area (Å²) in [4.78, 5) is 16.9. The van der Waals surface area contributed by atoms with Gasteiger partial charge in [-0.05, 0) is 72.9 Å². The Labute approximate surface area is 196 Å². The number of carboxylic acid groups (broad SMARTS) is 1. The van der Waals surface area contributed by atoms with Crippen LogP contribution < -0.4 is 4.90 Å². The number of aromatic amines is 1. The summed E-state index contributed by atoms with van der Waals surface area (Å²) in [6.45, 7) is 3.58. The van der Waals surface area contributed by atoms with Gasteiger partial charge in [-0.15, -0.1) is 0 Å². The van der Waals surface area contributed by atoms with Gasteiger partial charge in [-0.25, -0.2) is 9.18 Å². The molecule has 0 radical (unpaired) electrons. The molecule has 1 fully saturated rings. The number of aromatic carboxylic acids is 1. The van der Waals surface area contributed by atoms with Crippen LogP contribution >= 0.6 is 11.6 Å².